The maximum absolute atomic E-state index is 14.4. The lowest BCUT2D eigenvalue weighted by molar-refractivity contribution is 0.586. The molecule has 3 nitrogen and oxygen atoms in total. The van der Waals surface area contributed by atoms with E-state index in [1.54, 1.807) is 0 Å². The van der Waals surface area contributed by atoms with Crippen LogP contribution < -0.4 is 21.2 Å². The van der Waals surface area contributed by atoms with Gasteiger partial charge in [0.05, 0.1) is 0 Å². The molecule has 0 saturated carbocycles. The average molecular weight is 489 g/mol. The molecule has 0 saturated heterocycles. The van der Waals surface area contributed by atoms with E-state index in [0.717, 1.165) is 48.5 Å². The van der Waals surface area contributed by atoms with Gasteiger partial charge in [0.15, 0.2) is 0 Å². The van der Waals surface area contributed by atoms with Gasteiger partial charge in [-0.15, -0.1) is 0 Å². The van der Waals surface area contributed by atoms with Gasteiger partial charge in [-0.1, -0.05) is 0 Å². The molecular formula is C24H17F4NO2P2. The maximum atomic E-state index is 14.4. The number of nitrogens with zero attached hydrogens (tertiary/aromatic N) is 1. The summed E-state index contributed by atoms with van der Waals surface area (Å²) in [5.41, 5.74) is 0. The molecule has 168 valence electrons. The third-order valence-corrected chi connectivity index (χ3v) is 11.1. The summed E-state index contributed by atoms with van der Waals surface area (Å²) in [6.45, 7) is 0. The zero-order valence-corrected chi connectivity index (χ0v) is 18.7. The van der Waals surface area contributed by atoms with Crippen LogP contribution in [0, 0.1) is 23.3 Å². The van der Waals surface area contributed by atoms with Gasteiger partial charge in [0.25, 0.3) is 0 Å². The fourth-order valence-electron chi connectivity index (χ4n) is 3.27. The number of hydrogen-bond acceptors (Lipinski definition) is 1. The second-order valence-electron chi connectivity index (χ2n) is 7.17. The predicted octanol–water partition coefficient (Wildman–Crippen LogP) is 5.23. The molecule has 0 aliphatic heterocycles. The summed E-state index contributed by atoms with van der Waals surface area (Å²) in [6, 6.07) is 19.3. The molecule has 0 spiro atoms. The highest BCUT2D eigenvalue weighted by atomic mass is 31.2. The largest absolute Gasteiger partial charge is 0.353 e. The van der Waals surface area contributed by atoms with Crippen LogP contribution in [0.25, 0.3) is 0 Å². The lowest BCUT2D eigenvalue weighted by Gasteiger charge is -2.24. The van der Waals surface area contributed by atoms with E-state index in [2.05, 4.69) is 4.52 Å². The predicted molar refractivity (Wildman–Crippen MR) is 123 cm³/mol. The zero-order valence-electron chi connectivity index (χ0n) is 16.9. The Morgan fingerprint density at radius 1 is 0.485 bits per heavy atom. The van der Waals surface area contributed by atoms with E-state index in [1.807, 2.05) is 0 Å². The second-order valence-corrected chi connectivity index (χ2v) is 12.3. The summed E-state index contributed by atoms with van der Waals surface area (Å²) in [6.07, 6.45) is 0. The molecule has 0 fully saturated rings. The van der Waals surface area contributed by atoms with Crippen molar-refractivity contribution >= 4 is 35.8 Å². The molecule has 4 aromatic carbocycles. The third kappa shape index (κ3) is 4.72. The Balaban J connectivity index is 2.06. The number of hydrogen-bond donors (Lipinski definition) is 1. The Hall–Kier alpha value is -2.98. The van der Waals surface area contributed by atoms with Gasteiger partial charge in [-0.3, -0.25) is 4.57 Å². The van der Waals surface area contributed by atoms with Crippen LogP contribution in [0.4, 0.5) is 17.6 Å². The van der Waals surface area contributed by atoms with E-state index in [9.17, 15) is 27.0 Å². The summed E-state index contributed by atoms with van der Waals surface area (Å²) in [5, 5.41) is 0.580. The van der Waals surface area contributed by atoms with Crippen molar-refractivity contribution < 1.29 is 27.0 Å². The lowest BCUT2D eigenvalue weighted by atomic mass is 10.3. The molecule has 0 bridgehead atoms. The van der Waals surface area contributed by atoms with Crippen molar-refractivity contribution in [2.24, 2.45) is 4.52 Å². The van der Waals surface area contributed by atoms with Crippen LogP contribution in [-0.4, -0.2) is 4.89 Å². The Kier molecular flexibility index (Phi) is 6.40. The van der Waals surface area contributed by atoms with Crippen molar-refractivity contribution in [2.75, 3.05) is 0 Å². The smallest absolute Gasteiger partial charge is 0.248 e. The van der Waals surface area contributed by atoms with Gasteiger partial charge in [0.2, 0.25) is 7.29 Å². The van der Waals surface area contributed by atoms with Crippen molar-refractivity contribution in [1.29, 1.82) is 0 Å². The third-order valence-electron chi connectivity index (χ3n) is 4.98. The van der Waals surface area contributed by atoms with Crippen molar-refractivity contribution in [1.82, 2.24) is 0 Å². The van der Waals surface area contributed by atoms with Crippen LogP contribution in [-0.2, 0) is 4.57 Å². The molecule has 4 aromatic rings. The van der Waals surface area contributed by atoms with Gasteiger partial charge in [-0.05, 0) is 97.1 Å². The Morgan fingerprint density at radius 2 is 0.727 bits per heavy atom. The highest BCUT2D eigenvalue weighted by Crippen LogP contribution is 2.57. The minimum absolute atomic E-state index is 0.109. The number of halogens is 4. The van der Waals surface area contributed by atoms with Crippen molar-refractivity contribution in [2.45, 2.75) is 0 Å². The molecule has 0 aromatic heterocycles. The minimum Gasteiger partial charge on any atom is -0.353 e. The highest BCUT2D eigenvalue weighted by Gasteiger charge is 2.33. The fourth-order valence-corrected chi connectivity index (χ4v) is 9.21. The minimum atomic E-state index is -4.04. The molecule has 0 aliphatic carbocycles. The van der Waals surface area contributed by atoms with E-state index in [-0.39, 0.29) is 21.2 Å². The van der Waals surface area contributed by atoms with Crippen LogP contribution >= 0.6 is 14.6 Å². The van der Waals surface area contributed by atoms with Crippen LogP contribution in [0.15, 0.2) is 102 Å². The monoisotopic (exact) mass is 489 g/mol. The first-order valence-electron chi connectivity index (χ1n) is 9.72. The summed E-state index contributed by atoms with van der Waals surface area (Å²) < 4.78 is 73.3. The van der Waals surface area contributed by atoms with E-state index in [4.69, 9.17) is 0 Å². The van der Waals surface area contributed by atoms with E-state index < -0.39 is 37.8 Å². The average Bonchev–Trinajstić information content (AvgIpc) is 2.80. The molecule has 9 heteroatoms. The van der Waals surface area contributed by atoms with Crippen molar-refractivity contribution in [3.8, 4) is 0 Å². The molecule has 33 heavy (non-hydrogen) atoms. The Bertz CT molecular complexity index is 1270. The zero-order chi connectivity index (χ0) is 23.6. The Labute approximate surface area is 187 Å². The standard InChI is InChI=1S/C24H17F4NO2P2/c25-17-1-9-21(10-2-17)32(30,22-11-3-18(26)4-12-22)29-33(31,23-13-5-19(27)6-14-23)24-15-7-20(28)8-16-24/h1-16,30H. The topological polar surface area (TPSA) is 49.7 Å². The quantitative estimate of drug-likeness (QED) is 0.308. The molecule has 0 atom stereocenters. The van der Waals surface area contributed by atoms with E-state index in [0.29, 0.717) is 0 Å². The number of rotatable bonds is 5. The summed E-state index contributed by atoms with van der Waals surface area (Å²) in [7, 11) is -7.89. The summed E-state index contributed by atoms with van der Waals surface area (Å²) in [4.78, 5) is 11.9. The molecule has 4 rings (SSSR count). The molecule has 1 N–H and O–H groups in total. The van der Waals surface area contributed by atoms with E-state index >= 15 is 0 Å². The van der Waals surface area contributed by atoms with Gasteiger partial charge in [-0.2, -0.15) is 0 Å². The van der Waals surface area contributed by atoms with E-state index in [1.165, 1.54) is 48.5 Å². The van der Waals surface area contributed by atoms with Crippen LogP contribution in [0.1, 0.15) is 0 Å². The second kappa shape index (κ2) is 9.11. The Morgan fingerprint density at radius 3 is 1.00 bits per heavy atom. The first-order valence-corrected chi connectivity index (χ1v) is 13.1. The molecule has 0 heterocycles. The summed E-state index contributed by atoms with van der Waals surface area (Å²) >= 11 is 0. The van der Waals surface area contributed by atoms with Gasteiger partial charge in [0, 0.05) is 21.2 Å². The van der Waals surface area contributed by atoms with Crippen LogP contribution in [0.5, 0.6) is 0 Å². The van der Waals surface area contributed by atoms with Gasteiger partial charge < -0.3 is 4.89 Å². The van der Waals surface area contributed by atoms with Gasteiger partial charge in [-0.25, -0.2) is 22.1 Å². The molecule has 0 aliphatic rings. The SMILES string of the molecule is O=P(N=P(O)(c1ccc(F)cc1)c1ccc(F)cc1)(c1ccc(F)cc1)c1ccc(F)cc1. The number of benzene rings is 4. The normalized spacial score (nSPS) is 11.9. The van der Waals surface area contributed by atoms with Gasteiger partial charge >= 0.3 is 0 Å². The molecule has 0 amide bonds. The van der Waals surface area contributed by atoms with Crippen LogP contribution in [0.3, 0.4) is 0 Å². The molecule has 0 radical (unpaired) electrons. The highest BCUT2D eigenvalue weighted by molar-refractivity contribution is 7.87. The maximum Gasteiger partial charge on any atom is 0.248 e. The van der Waals surface area contributed by atoms with Crippen molar-refractivity contribution in [3.63, 3.8) is 0 Å². The molecular weight excluding hydrogens is 472 g/mol. The first kappa shape index (κ1) is 23.2. The summed E-state index contributed by atoms with van der Waals surface area (Å²) in [5.74, 6) is -2.23. The fraction of sp³-hybridized carbons (Fsp3) is 0. The molecule has 0 unspecified atom stereocenters. The van der Waals surface area contributed by atoms with Crippen LogP contribution in [0.2, 0.25) is 0 Å². The van der Waals surface area contributed by atoms with Crippen molar-refractivity contribution in [3.05, 3.63) is 120 Å². The lowest BCUT2D eigenvalue weighted by Crippen LogP contribution is -2.20. The van der Waals surface area contributed by atoms with Gasteiger partial charge in [0.1, 0.15) is 30.6 Å². The first-order chi connectivity index (χ1) is 15.7.